The first kappa shape index (κ1) is 15.2. The van der Waals surface area contributed by atoms with Gasteiger partial charge in [-0.15, -0.1) is 0 Å². The lowest BCUT2D eigenvalue weighted by Crippen LogP contribution is -2.32. The number of amides is 1. The van der Waals surface area contributed by atoms with Crippen LogP contribution in [-0.4, -0.2) is 34.6 Å². The van der Waals surface area contributed by atoms with E-state index in [4.69, 9.17) is 0 Å². The number of aliphatic hydroxyl groups excluding tert-OH is 1. The molecule has 1 N–H and O–H groups in total. The van der Waals surface area contributed by atoms with Crippen molar-refractivity contribution < 1.29 is 9.90 Å². The molecule has 1 aromatic heterocycles. The Morgan fingerprint density at radius 2 is 2.00 bits per heavy atom. The molecule has 110 valence electrons. The second kappa shape index (κ2) is 6.99. The molecule has 0 aliphatic rings. The van der Waals surface area contributed by atoms with E-state index in [0.717, 1.165) is 11.1 Å². The van der Waals surface area contributed by atoms with Gasteiger partial charge in [-0.05, 0) is 30.5 Å². The molecule has 2 aromatic rings. The summed E-state index contributed by atoms with van der Waals surface area (Å²) in [6, 6.07) is 11.4. The normalized spacial score (nSPS) is 12.0. The van der Waals surface area contributed by atoms with Gasteiger partial charge in [0, 0.05) is 26.0 Å². The van der Waals surface area contributed by atoms with E-state index in [1.165, 1.54) is 0 Å². The Morgan fingerprint density at radius 3 is 2.62 bits per heavy atom. The van der Waals surface area contributed by atoms with E-state index in [1.54, 1.807) is 24.3 Å². The number of carbonyl (C=O) groups excluding carboxylic acids is 1. The van der Waals surface area contributed by atoms with Crippen LogP contribution in [0.25, 0.3) is 0 Å². The minimum Gasteiger partial charge on any atom is -0.396 e. The van der Waals surface area contributed by atoms with Crippen LogP contribution in [-0.2, 0) is 0 Å². The minimum absolute atomic E-state index is 0.0310. The first-order valence-corrected chi connectivity index (χ1v) is 6.98. The number of aliphatic hydroxyl groups is 1. The van der Waals surface area contributed by atoms with Crippen LogP contribution in [0.3, 0.4) is 0 Å². The number of nitrogens with zero attached hydrogens (tertiary/aromatic N) is 2. The lowest BCUT2D eigenvalue weighted by molar-refractivity contribution is 0.0704. The minimum atomic E-state index is -0.149. The van der Waals surface area contributed by atoms with Crippen LogP contribution < -0.4 is 0 Å². The molecule has 0 fully saturated rings. The molecule has 2 rings (SSSR count). The summed E-state index contributed by atoms with van der Waals surface area (Å²) in [5.41, 5.74) is 2.53. The van der Waals surface area contributed by atoms with Crippen LogP contribution in [0.2, 0.25) is 0 Å². The number of aryl methyl sites for hydroxylation is 1. The zero-order valence-corrected chi connectivity index (χ0v) is 12.4. The van der Waals surface area contributed by atoms with Crippen molar-refractivity contribution >= 4 is 5.91 Å². The predicted molar refractivity (Wildman–Crippen MR) is 82.0 cm³/mol. The Kier molecular flexibility index (Phi) is 5.06. The van der Waals surface area contributed by atoms with Crippen molar-refractivity contribution in [3.63, 3.8) is 0 Å². The lowest BCUT2D eigenvalue weighted by atomic mass is 10.0. The molecule has 0 aliphatic heterocycles. The van der Waals surface area contributed by atoms with Crippen molar-refractivity contribution in [2.45, 2.75) is 19.4 Å². The van der Waals surface area contributed by atoms with E-state index in [1.807, 2.05) is 43.3 Å². The van der Waals surface area contributed by atoms with Crippen molar-refractivity contribution in [2.24, 2.45) is 0 Å². The van der Waals surface area contributed by atoms with E-state index in [-0.39, 0.29) is 18.6 Å². The van der Waals surface area contributed by atoms with E-state index in [0.29, 0.717) is 12.0 Å². The summed E-state index contributed by atoms with van der Waals surface area (Å²) in [6.45, 7) is 1.94. The smallest absolute Gasteiger partial charge is 0.255 e. The first-order valence-electron chi connectivity index (χ1n) is 6.98. The number of rotatable bonds is 5. The van der Waals surface area contributed by atoms with Gasteiger partial charge in [0.2, 0.25) is 0 Å². The van der Waals surface area contributed by atoms with E-state index in [9.17, 15) is 9.90 Å². The molecule has 1 unspecified atom stereocenters. The summed E-state index contributed by atoms with van der Waals surface area (Å²) in [7, 11) is 1.76. The van der Waals surface area contributed by atoms with E-state index < -0.39 is 0 Å². The first-order chi connectivity index (χ1) is 10.1. The van der Waals surface area contributed by atoms with Crippen LogP contribution in [0, 0.1) is 6.92 Å². The third-order valence-corrected chi connectivity index (χ3v) is 3.50. The molecule has 0 radical (unpaired) electrons. The molecule has 4 nitrogen and oxygen atoms in total. The highest BCUT2D eigenvalue weighted by Gasteiger charge is 2.22. The second-order valence-corrected chi connectivity index (χ2v) is 5.11. The molecule has 0 spiro atoms. The van der Waals surface area contributed by atoms with Gasteiger partial charge in [-0.2, -0.15) is 0 Å². The third-order valence-electron chi connectivity index (χ3n) is 3.50. The van der Waals surface area contributed by atoms with E-state index >= 15 is 0 Å². The lowest BCUT2D eigenvalue weighted by Gasteiger charge is -2.28. The molecule has 4 heteroatoms. The highest BCUT2D eigenvalue weighted by atomic mass is 16.3. The molecule has 1 amide bonds. The van der Waals surface area contributed by atoms with Gasteiger partial charge in [-0.3, -0.25) is 9.78 Å². The van der Waals surface area contributed by atoms with Crippen LogP contribution in [0.15, 0.2) is 48.8 Å². The zero-order chi connectivity index (χ0) is 15.2. The Hall–Kier alpha value is -2.20. The molecule has 1 heterocycles. The molecular formula is C17H20N2O2. The standard InChI is InChI=1S/C17H20N2O2/c1-13-10-15(12-18-11-13)17(21)19(2)16(8-9-20)14-6-4-3-5-7-14/h3-7,10-12,16,20H,8-9H2,1-2H3. The average Bonchev–Trinajstić information content (AvgIpc) is 2.52. The summed E-state index contributed by atoms with van der Waals surface area (Å²) < 4.78 is 0. The number of aromatic nitrogens is 1. The van der Waals surface area contributed by atoms with E-state index in [2.05, 4.69) is 4.98 Å². The number of hydrogen-bond acceptors (Lipinski definition) is 3. The van der Waals surface area contributed by atoms with Crippen LogP contribution in [0.4, 0.5) is 0 Å². The molecule has 1 atom stereocenters. The largest absolute Gasteiger partial charge is 0.396 e. The maximum absolute atomic E-state index is 12.6. The summed E-state index contributed by atoms with van der Waals surface area (Å²) in [5.74, 6) is -0.0893. The van der Waals surface area contributed by atoms with Crippen LogP contribution >= 0.6 is 0 Å². The monoisotopic (exact) mass is 284 g/mol. The van der Waals surface area contributed by atoms with Gasteiger partial charge >= 0.3 is 0 Å². The Bertz CT molecular complexity index is 599. The number of carbonyl (C=O) groups is 1. The van der Waals surface area contributed by atoms with Crippen molar-refractivity contribution in [2.75, 3.05) is 13.7 Å². The maximum atomic E-state index is 12.6. The van der Waals surface area contributed by atoms with Gasteiger partial charge in [0.15, 0.2) is 0 Å². The molecule has 1 aromatic carbocycles. The van der Waals surface area contributed by atoms with Gasteiger partial charge < -0.3 is 10.0 Å². The summed E-state index contributed by atoms with van der Waals surface area (Å²) >= 11 is 0. The Morgan fingerprint density at radius 1 is 1.29 bits per heavy atom. The van der Waals surface area contributed by atoms with Crippen LogP contribution in [0.5, 0.6) is 0 Å². The second-order valence-electron chi connectivity index (χ2n) is 5.11. The topological polar surface area (TPSA) is 53.4 Å². The number of hydrogen-bond donors (Lipinski definition) is 1. The zero-order valence-electron chi connectivity index (χ0n) is 12.4. The van der Waals surface area contributed by atoms with Gasteiger partial charge in [0.25, 0.3) is 5.91 Å². The van der Waals surface area contributed by atoms with Crippen molar-refractivity contribution in [3.05, 3.63) is 65.5 Å². The Balaban J connectivity index is 2.26. The van der Waals surface area contributed by atoms with Gasteiger partial charge in [-0.1, -0.05) is 30.3 Å². The molecule has 0 saturated carbocycles. The summed E-state index contributed by atoms with van der Waals surface area (Å²) in [4.78, 5) is 18.3. The summed E-state index contributed by atoms with van der Waals surface area (Å²) in [6.07, 6.45) is 3.80. The molecular weight excluding hydrogens is 264 g/mol. The third kappa shape index (κ3) is 3.67. The summed E-state index contributed by atoms with van der Waals surface area (Å²) in [5, 5.41) is 9.29. The van der Waals surface area contributed by atoms with Crippen molar-refractivity contribution in [1.29, 1.82) is 0 Å². The Labute approximate surface area is 125 Å². The van der Waals surface area contributed by atoms with Gasteiger partial charge in [0.05, 0.1) is 11.6 Å². The molecule has 0 saturated heterocycles. The SMILES string of the molecule is Cc1cncc(C(=O)N(C)C(CCO)c2ccccc2)c1. The average molecular weight is 284 g/mol. The predicted octanol–water partition coefficient (Wildman–Crippen LogP) is 2.59. The van der Waals surface area contributed by atoms with Gasteiger partial charge in [-0.25, -0.2) is 0 Å². The highest BCUT2D eigenvalue weighted by molar-refractivity contribution is 5.94. The van der Waals surface area contributed by atoms with Crippen molar-refractivity contribution in [3.8, 4) is 0 Å². The maximum Gasteiger partial charge on any atom is 0.255 e. The van der Waals surface area contributed by atoms with Crippen molar-refractivity contribution in [1.82, 2.24) is 9.88 Å². The fourth-order valence-corrected chi connectivity index (χ4v) is 2.40. The number of benzene rings is 1. The highest BCUT2D eigenvalue weighted by Crippen LogP contribution is 2.24. The fraction of sp³-hybridized carbons (Fsp3) is 0.294. The molecule has 0 bridgehead atoms. The molecule has 21 heavy (non-hydrogen) atoms. The quantitative estimate of drug-likeness (QED) is 0.918. The number of pyridine rings is 1. The van der Waals surface area contributed by atoms with Gasteiger partial charge in [0.1, 0.15) is 0 Å². The molecule has 0 aliphatic carbocycles. The van der Waals surface area contributed by atoms with Crippen LogP contribution in [0.1, 0.15) is 33.9 Å². The fourth-order valence-electron chi connectivity index (χ4n) is 2.40.